The lowest BCUT2D eigenvalue weighted by Gasteiger charge is -2.56. The van der Waals surface area contributed by atoms with Crippen LogP contribution in [0, 0.1) is 40.9 Å². The Morgan fingerprint density at radius 2 is 1.48 bits per heavy atom. The fraction of sp³-hybridized carbons (Fsp3) is 0.909. The predicted molar refractivity (Wildman–Crippen MR) is 104 cm³/mol. The Kier molecular flexibility index (Phi) is 4.30. The van der Waals surface area contributed by atoms with Gasteiger partial charge < -0.3 is 15.5 Å². The summed E-state index contributed by atoms with van der Waals surface area (Å²) >= 11 is 0. The molecule has 6 fully saturated rings. The predicted octanol–water partition coefficient (Wildman–Crippen LogP) is 2.02. The van der Waals surface area contributed by atoms with Crippen LogP contribution in [-0.4, -0.2) is 48.9 Å². The molecule has 0 aromatic rings. The van der Waals surface area contributed by atoms with Crippen molar-refractivity contribution in [2.24, 2.45) is 40.9 Å². The summed E-state index contributed by atoms with van der Waals surface area (Å²) < 4.78 is 0. The molecule has 4 aliphatic carbocycles. The molecule has 0 spiro atoms. The average molecular weight is 374 g/mol. The maximum atomic E-state index is 13.4. The first-order valence-corrected chi connectivity index (χ1v) is 11.2. The van der Waals surface area contributed by atoms with E-state index in [-0.39, 0.29) is 29.2 Å². The molecule has 0 aromatic carbocycles. The molecule has 0 aromatic heterocycles. The first kappa shape index (κ1) is 18.0. The van der Waals surface area contributed by atoms with Crippen molar-refractivity contribution in [1.29, 1.82) is 0 Å². The molecule has 150 valence electrons. The molecule has 0 radical (unpaired) electrons. The Morgan fingerprint density at radius 3 is 1.96 bits per heavy atom. The topological polar surface area (TPSA) is 61.4 Å². The summed E-state index contributed by atoms with van der Waals surface area (Å²) in [6.07, 6.45) is 7.19. The average Bonchev–Trinajstić information content (AvgIpc) is 3.19. The fourth-order valence-corrected chi connectivity index (χ4v) is 7.43. The quantitative estimate of drug-likeness (QED) is 0.793. The number of nitrogens with zero attached hydrogens (tertiary/aromatic N) is 1. The van der Waals surface area contributed by atoms with Gasteiger partial charge in [0.15, 0.2) is 0 Å². The van der Waals surface area contributed by atoms with Crippen LogP contribution in [0.15, 0.2) is 0 Å². The first-order chi connectivity index (χ1) is 12.9. The summed E-state index contributed by atoms with van der Waals surface area (Å²) in [4.78, 5) is 28.7. The van der Waals surface area contributed by atoms with E-state index in [9.17, 15) is 9.59 Å². The number of nitrogens with one attached hydrogen (secondary N) is 2. The van der Waals surface area contributed by atoms with Crippen molar-refractivity contribution in [3.8, 4) is 0 Å². The Labute approximate surface area is 163 Å². The van der Waals surface area contributed by atoms with E-state index >= 15 is 0 Å². The third kappa shape index (κ3) is 3.01. The van der Waals surface area contributed by atoms with E-state index in [1.54, 1.807) is 0 Å². The number of carbonyl (C=O) groups is 2. The van der Waals surface area contributed by atoms with Crippen molar-refractivity contribution in [3.05, 3.63) is 0 Å². The zero-order valence-corrected chi connectivity index (χ0v) is 16.9. The Balaban J connectivity index is 1.29. The molecule has 3 atom stereocenters. The van der Waals surface area contributed by atoms with Gasteiger partial charge in [-0.2, -0.15) is 0 Å². The van der Waals surface area contributed by atoms with Crippen molar-refractivity contribution in [3.63, 3.8) is 0 Å². The van der Waals surface area contributed by atoms with Gasteiger partial charge in [0, 0.05) is 31.6 Å². The van der Waals surface area contributed by atoms with Crippen molar-refractivity contribution >= 4 is 11.8 Å². The second kappa shape index (κ2) is 6.47. The Hall–Kier alpha value is -1.10. The monoisotopic (exact) mass is 373 g/mol. The molecule has 1 unspecified atom stereocenters. The minimum Gasteiger partial charge on any atom is -0.344 e. The van der Waals surface area contributed by atoms with E-state index in [0.717, 1.165) is 63.2 Å². The van der Waals surface area contributed by atoms with Crippen molar-refractivity contribution in [2.45, 2.75) is 58.4 Å². The molecule has 4 saturated carbocycles. The number of likely N-dealkylation sites (tertiary alicyclic amines) is 1. The lowest BCUT2D eigenvalue weighted by Crippen LogP contribution is -2.58. The minimum atomic E-state index is -0.364. The van der Waals surface area contributed by atoms with Gasteiger partial charge in [-0.25, -0.2) is 0 Å². The van der Waals surface area contributed by atoms with E-state index in [1.165, 1.54) is 19.3 Å². The SMILES string of the molecule is CC(C)C(NC(=O)C12CC3CC(CC(C3)C1)C2)C(=O)N1C[C@H]2CNC[C@H]2C1. The van der Waals surface area contributed by atoms with Crippen LogP contribution in [0.2, 0.25) is 0 Å². The second-order valence-corrected chi connectivity index (χ2v) is 10.8. The minimum absolute atomic E-state index is 0.133. The highest BCUT2D eigenvalue weighted by Gasteiger charge is 2.55. The van der Waals surface area contributed by atoms with Crippen molar-refractivity contribution in [2.75, 3.05) is 26.2 Å². The second-order valence-electron chi connectivity index (χ2n) is 10.8. The van der Waals surface area contributed by atoms with E-state index in [2.05, 4.69) is 24.5 Å². The van der Waals surface area contributed by atoms with Crippen LogP contribution in [0.3, 0.4) is 0 Å². The molecule has 2 saturated heterocycles. The van der Waals surface area contributed by atoms with Gasteiger partial charge in [-0.05, 0) is 74.0 Å². The molecule has 2 amide bonds. The van der Waals surface area contributed by atoms with Gasteiger partial charge in [-0.1, -0.05) is 13.8 Å². The summed E-state index contributed by atoms with van der Waals surface area (Å²) in [6.45, 7) is 7.91. The van der Waals surface area contributed by atoms with Crippen LogP contribution >= 0.6 is 0 Å². The molecule has 2 aliphatic heterocycles. The molecule has 5 nitrogen and oxygen atoms in total. The number of fused-ring (bicyclic) bond motifs is 1. The lowest BCUT2D eigenvalue weighted by atomic mass is 9.49. The number of carbonyl (C=O) groups excluding carboxylic acids is 2. The number of rotatable bonds is 4. The van der Waals surface area contributed by atoms with Crippen LogP contribution in [0.25, 0.3) is 0 Å². The maximum Gasteiger partial charge on any atom is 0.245 e. The van der Waals surface area contributed by atoms with Crippen molar-refractivity contribution in [1.82, 2.24) is 15.5 Å². The van der Waals surface area contributed by atoms with Gasteiger partial charge in [0.2, 0.25) is 11.8 Å². The third-order valence-corrected chi connectivity index (χ3v) is 8.44. The largest absolute Gasteiger partial charge is 0.344 e. The van der Waals surface area contributed by atoms with Crippen LogP contribution in [-0.2, 0) is 9.59 Å². The number of amides is 2. The van der Waals surface area contributed by atoms with Gasteiger partial charge in [-0.3, -0.25) is 9.59 Å². The van der Waals surface area contributed by atoms with Gasteiger partial charge >= 0.3 is 0 Å². The molecule has 5 heteroatoms. The molecular weight excluding hydrogens is 338 g/mol. The highest BCUT2D eigenvalue weighted by Crippen LogP contribution is 2.60. The Morgan fingerprint density at radius 1 is 0.963 bits per heavy atom. The Bertz CT molecular complexity index is 584. The van der Waals surface area contributed by atoms with Gasteiger partial charge in [-0.15, -0.1) is 0 Å². The highest BCUT2D eigenvalue weighted by atomic mass is 16.2. The van der Waals surface area contributed by atoms with Crippen molar-refractivity contribution < 1.29 is 9.59 Å². The summed E-state index contributed by atoms with van der Waals surface area (Å²) in [6, 6.07) is -0.364. The highest BCUT2D eigenvalue weighted by molar-refractivity contribution is 5.90. The van der Waals surface area contributed by atoms with Crippen LogP contribution in [0.5, 0.6) is 0 Å². The van der Waals surface area contributed by atoms with E-state index < -0.39 is 0 Å². The maximum absolute atomic E-state index is 13.4. The lowest BCUT2D eigenvalue weighted by molar-refractivity contribution is -0.150. The van der Waals surface area contributed by atoms with Crippen LogP contribution < -0.4 is 10.6 Å². The zero-order chi connectivity index (χ0) is 18.8. The molecule has 6 rings (SSSR count). The molecule has 6 aliphatic rings. The number of hydrogen-bond acceptors (Lipinski definition) is 3. The van der Waals surface area contributed by atoms with Gasteiger partial charge in [0.05, 0.1) is 0 Å². The van der Waals surface area contributed by atoms with Crippen LogP contribution in [0.4, 0.5) is 0 Å². The summed E-state index contributed by atoms with van der Waals surface area (Å²) in [5.41, 5.74) is -0.173. The molecular formula is C22H35N3O2. The van der Waals surface area contributed by atoms with Gasteiger partial charge in [0.25, 0.3) is 0 Å². The summed E-state index contributed by atoms with van der Waals surface area (Å²) in [5, 5.41) is 6.70. The molecule has 27 heavy (non-hydrogen) atoms. The van der Waals surface area contributed by atoms with E-state index in [4.69, 9.17) is 0 Å². The van der Waals surface area contributed by atoms with E-state index in [1.807, 2.05) is 4.90 Å². The molecule has 2 heterocycles. The fourth-order valence-electron chi connectivity index (χ4n) is 7.43. The zero-order valence-electron chi connectivity index (χ0n) is 16.9. The number of hydrogen-bond donors (Lipinski definition) is 2. The molecule has 2 N–H and O–H groups in total. The summed E-state index contributed by atoms with van der Waals surface area (Å²) in [7, 11) is 0. The first-order valence-electron chi connectivity index (χ1n) is 11.2. The van der Waals surface area contributed by atoms with Gasteiger partial charge in [0.1, 0.15) is 6.04 Å². The third-order valence-electron chi connectivity index (χ3n) is 8.44. The van der Waals surface area contributed by atoms with Crippen LogP contribution in [0.1, 0.15) is 52.4 Å². The standard InChI is InChI=1S/C22H35N3O2/c1-13(2)19(20(26)25-11-17-9-23-10-18(17)12-25)24-21(27)22-6-14-3-15(7-22)5-16(4-14)8-22/h13-19,23H,3-12H2,1-2H3,(H,24,27)/t14?,15?,16?,17-,18+,19?,22?. The molecule has 4 bridgehead atoms. The smallest absolute Gasteiger partial charge is 0.245 e. The van der Waals surface area contributed by atoms with E-state index in [0.29, 0.717) is 11.8 Å². The normalized spacial score (nSPS) is 43.2. The summed E-state index contributed by atoms with van der Waals surface area (Å²) in [5.74, 6) is 3.92.